The first-order valence-electron chi connectivity index (χ1n) is 6.05. The summed E-state index contributed by atoms with van der Waals surface area (Å²) in [5, 5.41) is 2.84. The van der Waals surface area contributed by atoms with Crippen LogP contribution in [0.4, 0.5) is 11.4 Å². The normalized spacial score (nSPS) is 10.6. The summed E-state index contributed by atoms with van der Waals surface area (Å²) in [5.74, 6) is -0.156. The number of anilines is 2. The Hall–Kier alpha value is -2.55. The number of nitrogens with two attached hydrogens (primary N) is 1. The Bertz CT molecular complexity index is 618. The lowest BCUT2D eigenvalue weighted by atomic mass is 10.2. The molecule has 3 nitrogen and oxygen atoms in total. The number of hydrogen-bond acceptors (Lipinski definition) is 2. The average Bonchev–Trinajstić information content (AvgIpc) is 2.39. The van der Waals surface area contributed by atoms with E-state index in [1.54, 1.807) is 6.08 Å². The summed E-state index contributed by atoms with van der Waals surface area (Å²) in [6.07, 6.45) is 3.24. The van der Waals surface area contributed by atoms with Crippen molar-refractivity contribution in [3.05, 3.63) is 65.7 Å². The third kappa shape index (κ3) is 3.71. The molecule has 0 saturated heterocycles. The quantitative estimate of drug-likeness (QED) is 0.651. The number of nitrogens with one attached hydrogen (secondary N) is 1. The highest BCUT2D eigenvalue weighted by Gasteiger charge is 2.00. The number of aryl methyl sites for hydroxylation is 1. The fourth-order valence-corrected chi connectivity index (χ4v) is 1.72. The molecule has 1 amide bonds. The molecule has 0 aromatic heterocycles. The molecule has 0 radical (unpaired) electrons. The van der Waals surface area contributed by atoms with Gasteiger partial charge in [-0.2, -0.15) is 0 Å². The van der Waals surface area contributed by atoms with Crippen molar-refractivity contribution in [2.24, 2.45) is 0 Å². The van der Waals surface area contributed by atoms with Crippen LogP contribution in [0, 0.1) is 6.92 Å². The van der Waals surface area contributed by atoms with Gasteiger partial charge in [-0.15, -0.1) is 0 Å². The van der Waals surface area contributed by atoms with E-state index in [1.165, 1.54) is 6.08 Å². The zero-order valence-electron chi connectivity index (χ0n) is 10.8. The number of para-hydroxylation sites is 1. The Morgan fingerprint density at radius 3 is 2.68 bits per heavy atom. The molecule has 2 aromatic rings. The highest BCUT2D eigenvalue weighted by Crippen LogP contribution is 2.13. The van der Waals surface area contributed by atoms with E-state index in [1.807, 2.05) is 55.5 Å². The van der Waals surface area contributed by atoms with Crippen LogP contribution in [0.1, 0.15) is 11.1 Å². The fourth-order valence-electron chi connectivity index (χ4n) is 1.72. The number of carbonyl (C=O) groups excluding carboxylic acids is 1. The molecule has 0 aliphatic heterocycles. The number of benzene rings is 2. The van der Waals surface area contributed by atoms with Crippen LogP contribution in [-0.2, 0) is 4.79 Å². The van der Waals surface area contributed by atoms with E-state index in [-0.39, 0.29) is 5.91 Å². The Kier molecular flexibility index (Phi) is 3.98. The first kappa shape index (κ1) is 12.9. The lowest BCUT2D eigenvalue weighted by Gasteiger charge is -2.05. The minimum atomic E-state index is -0.156. The molecule has 0 heterocycles. The Morgan fingerprint density at radius 1 is 1.16 bits per heavy atom. The molecule has 0 aliphatic carbocycles. The van der Waals surface area contributed by atoms with Gasteiger partial charge in [0, 0.05) is 17.5 Å². The first-order chi connectivity index (χ1) is 9.15. The highest BCUT2D eigenvalue weighted by molar-refractivity contribution is 6.02. The lowest BCUT2D eigenvalue weighted by Crippen LogP contribution is -2.08. The summed E-state index contributed by atoms with van der Waals surface area (Å²) in [6.45, 7) is 1.96. The topological polar surface area (TPSA) is 55.1 Å². The lowest BCUT2D eigenvalue weighted by molar-refractivity contribution is -0.111. The molecule has 0 unspecified atom stereocenters. The van der Waals surface area contributed by atoms with E-state index in [0.29, 0.717) is 5.69 Å². The van der Waals surface area contributed by atoms with Crippen LogP contribution in [0.25, 0.3) is 6.08 Å². The van der Waals surface area contributed by atoms with Gasteiger partial charge in [0.25, 0.3) is 0 Å². The third-order valence-corrected chi connectivity index (χ3v) is 2.74. The van der Waals surface area contributed by atoms with Crippen LogP contribution >= 0.6 is 0 Å². The first-order valence-corrected chi connectivity index (χ1v) is 6.05. The van der Waals surface area contributed by atoms with Crippen LogP contribution in [0.3, 0.4) is 0 Å². The Balaban J connectivity index is 2.04. The molecule has 0 bridgehead atoms. The third-order valence-electron chi connectivity index (χ3n) is 2.74. The van der Waals surface area contributed by atoms with Crippen molar-refractivity contribution in [2.45, 2.75) is 6.92 Å². The zero-order valence-corrected chi connectivity index (χ0v) is 10.8. The summed E-state index contributed by atoms with van der Waals surface area (Å²) < 4.78 is 0. The van der Waals surface area contributed by atoms with Crippen molar-refractivity contribution in [3.8, 4) is 0 Å². The second kappa shape index (κ2) is 5.87. The minimum Gasteiger partial charge on any atom is -0.399 e. The molecule has 0 fully saturated rings. The van der Waals surface area contributed by atoms with Gasteiger partial charge in [-0.25, -0.2) is 0 Å². The molecule has 19 heavy (non-hydrogen) atoms. The smallest absolute Gasteiger partial charge is 0.248 e. The van der Waals surface area contributed by atoms with Crippen molar-refractivity contribution in [3.63, 3.8) is 0 Å². The average molecular weight is 252 g/mol. The summed E-state index contributed by atoms with van der Waals surface area (Å²) in [5.41, 5.74) is 9.12. The number of hydrogen-bond donors (Lipinski definition) is 2. The summed E-state index contributed by atoms with van der Waals surface area (Å²) in [4.78, 5) is 11.8. The molecule has 3 heteroatoms. The highest BCUT2D eigenvalue weighted by atomic mass is 16.1. The zero-order chi connectivity index (χ0) is 13.7. The Morgan fingerprint density at radius 2 is 1.95 bits per heavy atom. The number of nitrogen functional groups attached to an aromatic ring is 1. The van der Waals surface area contributed by atoms with Crippen molar-refractivity contribution in [2.75, 3.05) is 11.1 Å². The molecule has 0 aliphatic rings. The van der Waals surface area contributed by atoms with Crippen LogP contribution in [0.15, 0.2) is 54.6 Å². The molecule has 3 N–H and O–H groups in total. The molecule has 2 rings (SSSR count). The van der Waals surface area contributed by atoms with Crippen molar-refractivity contribution >= 4 is 23.4 Å². The van der Waals surface area contributed by atoms with Crippen LogP contribution in [0.2, 0.25) is 0 Å². The molecule has 0 spiro atoms. The van der Waals surface area contributed by atoms with Crippen LogP contribution in [0.5, 0.6) is 0 Å². The standard InChI is InChI=1S/C16H16N2O/c1-12-5-2-3-8-15(12)18-16(19)10-9-13-6-4-7-14(17)11-13/h2-11H,17H2,1H3,(H,18,19)/b10-9+. The van der Waals surface area contributed by atoms with Gasteiger partial charge in [-0.3, -0.25) is 4.79 Å². The number of rotatable bonds is 3. The maximum absolute atomic E-state index is 11.8. The minimum absolute atomic E-state index is 0.156. The van der Waals surface area contributed by atoms with Gasteiger partial charge in [-0.1, -0.05) is 30.3 Å². The number of amides is 1. The monoisotopic (exact) mass is 252 g/mol. The molecule has 2 aromatic carbocycles. The second-order valence-electron chi connectivity index (χ2n) is 4.31. The van der Waals surface area contributed by atoms with E-state index in [2.05, 4.69) is 5.32 Å². The van der Waals surface area contributed by atoms with Gasteiger partial charge >= 0.3 is 0 Å². The van der Waals surface area contributed by atoms with Gasteiger partial charge in [0.2, 0.25) is 5.91 Å². The maximum Gasteiger partial charge on any atom is 0.248 e. The molecule has 0 saturated carbocycles. The molecule has 0 atom stereocenters. The van der Waals surface area contributed by atoms with Gasteiger partial charge in [-0.05, 0) is 42.3 Å². The SMILES string of the molecule is Cc1ccccc1NC(=O)/C=C/c1cccc(N)c1. The fraction of sp³-hybridized carbons (Fsp3) is 0.0625. The van der Waals surface area contributed by atoms with Gasteiger partial charge in [0.15, 0.2) is 0 Å². The van der Waals surface area contributed by atoms with E-state index in [4.69, 9.17) is 5.73 Å². The van der Waals surface area contributed by atoms with E-state index >= 15 is 0 Å². The van der Waals surface area contributed by atoms with E-state index < -0.39 is 0 Å². The maximum atomic E-state index is 11.8. The van der Waals surface area contributed by atoms with Crippen LogP contribution < -0.4 is 11.1 Å². The summed E-state index contributed by atoms with van der Waals surface area (Å²) >= 11 is 0. The van der Waals surface area contributed by atoms with Crippen molar-refractivity contribution < 1.29 is 4.79 Å². The number of carbonyl (C=O) groups is 1. The van der Waals surface area contributed by atoms with Gasteiger partial charge in [0.1, 0.15) is 0 Å². The largest absolute Gasteiger partial charge is 0.399 e. The molecular weight excluding hydrogens is 236 g/mol. The summed E-state index contributed by atoms with van der Waals surface area (Å²) in [6, 6.07) is 15.0. The molecular formula is C16H16N2O. The van der Waals surface area contributed by atoms with Gasteiger partial charge < -0.3 is 11.1 Å². The van der Waals surface area contributed by atoms with Crippen LogP contribution in [-0.4, -0.2) is 5.91 Å². The Labute approximate surface area is 112 Å². The van der Waals surface area contributed by atoms with E-state index in [9.17, 15) is 4.79 Å². The van der Waals surface area contributed by atoms with E-state index in [0.717, 1.165) is 16.8 Å². The van der Waals surface area contributed by atoms with Gasteiger partial charge in [0.05, 0.1) is 0 Å². The van der Waals surface area contributed by atoms with Crippen molar-refractivity contribution in [1.82, 2.24) is 0 Å². The molecule has 96 valence electrons. The predicted octanol–water partition coefficient (Wildman–Crippen LogP) is 3.23. The van der Waals surface area contributed by atoms with Crippen molar-refractivity contribution in [1.29, 1.82) is 0 Å². The second-order valence-corrected chi connectivity index (χ2v) is 4.31. The summed E-state index contributed by atoms with van der Waals surface area (Å²) in [7, 11) is 0. The predicted molar refractivity (Wildman–Crippen MR) is 79.7 cm³/mol.